The number of hydrogen-bond donors (Lipinski definition) is 0. The van der Waals surface area contributed by atoms with Crippen LogP contribution in [0.25, 0.3) is 0 Å². The maximum Gasteiger partial charge on any atom is 0.254 e. The molecule has 1 aliphatic rings. The van der Waals surface area contributed by atoms with Crippen LogP contribution in [-0.4, -0.2) is 41.2 Å². The van der Waals surface area contributed by atoms with Gasteiger partial charge in [0.05, 0.1) is 10.0 Å². The molecule has 1 aliphatic heterocycles. The molecule has 4 nitrogen and oxygen atoms in total. The third kappa shape index (κ3) is 4.02. The first-order valence-corrected chi connectivity index (χ1v) is 9.28. The van der Waals surface area contributed by atoms with E-state index in [2.05, 4.69) is 0 Å². The van der Waals surface area contributed by atoms with Crippen LogP contribution in [0.15, 0.2) is 48.5 Å². The number of nitrogens with zero attached hydrogens (tertiary/aromatic N) is 2. The first kappa shape index (κ1) is 18.7. The molecule has 0 radical (unpaired) electrons. The lowest BCUT2D eigenvalue weighted by atomic mass is 10.1. The van der Waals surface area contributed by atoms with Crippen molar-refractivity contribution in [1.82, 2.24) is 9.80 Å². The number of rotatable bonds is 4. The maximum atomic E-state index is 12.9. The van der Waals surface area contributed by atoms with Gasteiger partial charge in [0.2, 0.25) is 5.91 Å². The predicted octanol–water partition coefficient (Wildman–Crippen LogP) is 4.26. The van der Waals surface area contributed by atoms with E-state index in [1.807, 2.05) is 30.3 Å². The fourth-order valence-electron chi connectivity index (χ4n) is 3.25. The molecule has 0 saturated carbocycles. The summed E-state index contributed by atoms with van der Waals surface area (Å²) in [6, 6.07) is 14.2. The maximum absolute atomic E-state index is 12.9. The van der Waals surface area contributed by atoms with Gasteiger partial charge in [-0.05, 0) is 36.6 Å². The molecule has 26 heavy (non-hydrogen) atoms. The Morgan fingerprint density at radius 2 is 1.85 bits per heavy atom. The summed E-state index contributed by atoms with van der Waals surface area (Å²) >= 11 is 12.0. The Morgan fingerprint density at radius 1 is 1.12 bits per heavy atom. The Hall–Kier alpha value is -2.04. The van der Waals surface area contributed by atoms with Crippen LogP contribution in [0.1, 0.15) is 28.8 Å². The first-order valence-electron chi connectivity index (χ1n) is 8.52. The minimum absolute atomic E-state index is 0.0419. The topological polar surface area (TPSA) is 40.6 Å². The van der Waals surface area contributed by atoms with E-state index in [4.69, 9.17) is 23.2 Å². The van der Waals surface area contributed by atoms with E-state index < -0.39 is 6.04 Å². The van der Waals surface area contributed by atoms with Crippen LogP contribution in [0.3, 0.4) is 0 Å². The molecule has 1 unspecified atom stereocenters. The summed E-state index contributed by atoms with van der Waals surface area (Å²) in [6.45, 7) is 1.08. The summed E-state index contributed by atoms with van der Waals surface area (Å²) in [5, 5.41) is 0.737. The Kier molecular flexibility index (Phi) is 5.84. The molecule has 0 spiro atoms. The van der Waals surface area contributed by atoms with E-state index in [-0.39, 0.29) is 11.8 Å². The minimum Gasteiger partial charge on any atom is -0.340 e. The molecule has 1 atom stereocenters. The van der Waals surface area contributed by atoms with Gasteiger partial charge in [-0.15, -0.1) is 0 Å². The summed E-state index contributed by atoms with van der Waals surface area (Å²) in [4.78, 5) is 29.1. The van der Waals surface area contributed by atoms with Gasteiger partial charge in [-0.25, -0.2) is 0 Å². The molecule has 1 fully saturated rings. The van der Waals surface area contributed by atoms with Crippen molar-refractivity contribution in [3.05, 3.63) is 69.7 Å². The normalized spacial score (nSPS) is 16.6. The van der Waals surface area contributed by atoms with Crippen LogP contribution in [0, 0.1) is 0 Å². The van der Waals surface area contributed by atoms with Crippen LogP contribution in [0.5, 0.6) is 0 Å². The highest BCUT2D eigenvalue weighted by Gasteiger charge is 2.36. The van der Waals surface area contributed by atoms with E-state index in [0.29, 0.717) is 35.1 Å². The van der Waals surface area contributed by atoms with Crippen LogP contribution in [-0.2, 0) is 11.3 Å². The fraction of sp³-hybridized carbons (Fsp3) is 0.300. The molecule has 0 aliphatic carbocycles. The lowest BCUT2D eigenvalue weighted by Gasteiger charge is -2.28. The molecule has 2 aromatic rings. The second-order valence-electron chi connectivity index (χ2n) is 6.47. The number of benzene rings is 2. The molecule has 0 N–H and O–H groups in total. The Labute approximate surface area is 163 Å². The standard InChI is InChI=1S/C20H20Cl2N2O2/c1-23(13-14-6-3-2-4-7-14)20(26)18-8-5-11-24(18)19(25)15-9-10-16(21)17(22)12-15/h2-4,6-7,9-10,12,18H,5,8,11,13H2,1H3. The highest BCUT2D eigenvalue weighted by molar-refractivity contribution is 6.42. The summed E-state index contributed by atoms with van der Waals surface area (Å²) in [7, 11) is 1.77. The molecule has 0 bridgehead atoms. The second-order valence-corrected chi connectivity index (χ2v) is 7.28. The molecular formula is C20H20Cl2N2O2. The monoisotopic (exact) mass is 390 g/mol. The predicted molar refractivity (Wildman–Crippen MR) is 103 cm³/mol. The second kappa shape index (κ2) is 8.11. The van der Waals surface area contributed by atoms with E-state index in [1.54, 1.807) is 35.0 Å². The van der Waals surface area contributed by atoms with Crippen molar-refractivity contribution in [2.24, 2.45) is 0 Å². The molecule has 6 heteroatoms. The Morgan fingerprint density at radius 3 is 2.54 bits per heavy atom. The van der Waals surface area contributed by atoms with E-state index in [9.17, 15) is 9.59 Å². The minimum atomic E-state index is -0.439. The van der Waals surface area contributed by atoms with Gasteiger partial charge in [-0.2, -0.15) is 0 Å². The molecule has 2 amide bonds. The zero-order valence-electron chi connectivity index (χ0n) is 14.5. The van der Waals surface area contributed by atoms with Gasteiger partial charge < -0.3 is 9.80 Å². The molecule has 3 rings (SSSR count). The number of halogens is 2. The van der Waals surface area contributed by atoms with E-state index >= 15 is 0 Å². The summed E-state index contributed by atoms with van der Waals surface area (Å²) < 4.78 is 0. The molecule has 1 heterocycles. The van der Waals surface area contributed by atoms with Gasteiger partial charge in [0.15, 0.2) is 0 Å². The first-order chi connectivity index (χ1) is 12.5. The lowest BCUT2D eigenvalue weighted by Crippen LogP contribution is -2.46. The third-order valence-electron chi connectivity index (χ3n) is 4.60. The van der Waals surface area contributed by atoms with E-state index in [1.165, 1.54) is 0 Å². The fourth-order valence-corrected chi connectivity index (χ4v) is 3.55. The molecule has 0 aromatic heterocycles. The zero-order valence-corrected chi connectivity index (χ0v) is 16.0. The van der Waals surface area contributed by atoms with Gasteiger partial charge in [0.1, 0.15) is 6.04 Å². The summed E-state index contributed by atoms with van der Waals surface area (Å²) in [5.74, 6) is -0.229. The summed E-state index contributed by atoms with van der Waals surface area (Å²) in [5.41, 5.74) is 1.51. The molecular weight excluding hydrogens is 371 g/mol. The Bertz CT molecular complexity index is 811. The molecule has 2 aromatic carbocycles. The van der Waals surface area contributed by atoms with Crippen LogP contribution >= 0.6 is 23.2 Å². The van der Waals surface area contributed by atoms with Crippen molar-refractivity contribution >= 4 is 35.0 Å². The number of carbonyl (C=O) groups is 2. The number of amides is 2. The SMILES string of the molecule is CN(Cc1ccccc1)C(=O)C1CCCN1C(=O)c1ccc(Cl)c(Cl)c1. The lowest BCUT2D eigenvalue weighted by molar-refractivity contribution is -0.134. The third-order valence-corrected chi connectivity index (χ3v) is 5.34. The number of likely N-dealkylation sites (tertiary alicyclic amines) is 1. The summed E-state index contributed by atoms with van der Waals surface area (Å²) in [6.07, 6.45) is 1.48. The molecule has 1 saturated heterocycles. The van der Waals surface area contributed by atoms with Crippen molar-refractivity contribution < 1.29 is 9.59 Å². The van der Waals surface area contributed by atoms with Crippen molar-refractivity contribution in [2.75, 3.05) is 13.6 Å². The zero-order chi connectivity index (χ0) is 18.7. The van der Waals surface area contributed by atoms with Crippen molar-refractivity contribution in [3.8, 4) is 0 Å². The van der Waals surface area contributed by atoms with Crippen molar-refractivity contribution in [3.63, 3.8) is 0 Å². The van der Waals surface area contributed by atoms with Crippen LogP contribution < -0.4 is 0 Å². The van der Waals surface area contributed by atoms with Crippen LogP contribution in [0.4, 0.5) is 0 Å². The quantitative estimate of drug-likeness (QED) is 0.782. The van der Waals surface area contributed by atoms with Crippen molar-refractivity contribution in [2.45, 2.75) is 25.4 Å². The largest absolute Gasteiger partial charge is 0.340 e. The van der Waals surface area contributed by atoms with Gasteiger partial charge in [-0.1, -0.05) is 53.5 Å². The average molecular weight is 391 g/mol. The highest BCUT2D eigenvalue weighted by Crippen LogP contribution is 2.26. The van der Waals surface area contributed by atoms with Crippen LogP contribution in [0.2, 0.25) is 10.0 Å². The number of hydrogen-bond acceptors (Lipinski definition) is 2. The average Bonchev–Trinajstić information content (AvgIpc) is 3.13. The number of likely N-dealkylation sites (N-methyl/N-ethyl adjacent to an activating group) is 1. The highest BCUT2D eigenvalue weighted by atomic mass is 35.5. The van der Waals surface area contributed by atoms with Gasteiger partial charge in [0.25, 0.3) is 5.91 Å². The van der Waals surface area contributed by atoms with Gasteiger partial charge in [-0.3, -0.25) is 9.59 Å². The molecule has 136 valence electrons. The van der Waals surface area contributed by atoms with Gasteiger partial charge in [0, 0.05) is 25.7 Å². The van der Waals surface area contributed by atoms with Gasteiger partial charge >= 0.3 is 0 Å². The number of carbonyl (C=O) groups excluding carboxylic acids is 2. The Balaban J connectivity index is 1.73. The van der Waals surface area contributed by atoms with Crippen molar-refractivity contribution in [1.29, 1.82) is 0 Å². The van der Waals surface area contributed by atoms with E-state index in [0.717, 1.165) is 12.0 Å². The smallest absolute Gasteiger partial charge is 0.254 e.